The highest BCUT2D eigenvalue weighted by Crippen LogP contribution is 2.24. The lowest BCUT2D eigenvalue weighted by Gasteiger charge is -2.21. The van der Waals surface area contributed by atoms with Gasteiger partial charge in [-0.25, -0.2) is 23.1 Å². The monoisotopic (exact) mass is 347 g/mol. The molecule has 1 aliphatic heterocycles. The van der Waals surface area contributed by atoms with Gasteiger partial charge in [-0.2, -0.15) is 0 Å². The molecule has 1 saturated heterocycles. The normalized spacial score (nSPS) is 18.5. The Balaban J connectivity index is 1.62. The van der Waals surface area contributed by atoms with Crippen molar-refractivity contribution in [3.05, 3.63) is 53.6 Å². The number of aryl methyl sites for hydroxylation is 1. The summed E-state index contributed by atoms with van der Waals surface area (Å²) in [7, 11) is -3.54. The fourth-order valence-electron chi connectivity index (χ4n) is 2.55. The van der Waals surface area contributed by atoms with E-state index in [-0.39, 0.29) is 17.5 Å². The maximum absolute atomic E-state index is 12.3. The molecule has 0 radical (unpaired) electrons. The Labute approximate surface area is 142 Å². The maximum atomic E-state index is 12.3. The molecule has 0 spiro atoms. The van der Waals surface area contributed by atoms with Crippen LogP contribution in [0.3, 0.4) is 0 Å². The largest absolute Gasteiger partial charge is 0.370 e. The number of nitrogens with one attached hydrogen (secondary N) is 1. The van der Waals surface area contributed by atoms with Gasteiger partial charge in [0.15, 0.2) is 5.82 Å². The molecule has 1 aliphatic rings. The van der Waals surface area contributed by atoms with Gasteiger partial charge in [-0.05, 0) is 38.3 Å². The second kappa shape index (κ2) is 7.38. The second-order valence-electron chi connectivity index (χ2n) is 5.94. The van der Waals surface area contributed by atoms with Crippen LogP contribution in [0.1, 0.15) is 42.3 Å². The van der Waals surface area contributed by atoms with Crippen LogP contribution in [0.15, 0.2) is 41.6 Å². The fourth-order valence-corrected chi connectivity index (χ4v) is 3.56. The van der Waals surface area contributed by atoms with Gasteiger partial charge in [-0.3, -0.25) is 0 Å². The van der Waals surface area contributed by atoms with E-state index in [0.717, 1.165) is 31.4 Å². The zero-order chi connectivity index (χ0) is 17.0. The van der Waals surface area contributed by atoms with E-state index in [1.165, 1.54) is 0 Å². The molecule has 24 heavy (non-hydrogen) atoms. The van der Waals surface area contributed by atoms with Gasteiger partial charge >= 0.3 is 0 Å². The van der Waals surface area contributed by atoms with Crippen molar-refractivity contribution in [1.82, 2.24) is 14.7 Å². The minimum atomic E-state index is -3.54. The topological polar surface area (TPSA) is 81.2 Å². The number of nitrogens with zero attached hydrogens (tertiary/aromatic N) is 2. The van der Waals surface area contributed by atoms with E-state index >= 15 is 0 Å². The Kier molecular flexibility index (Phi) is 5.23. The smallest absolute Gasteiger partial charge is 0.240 e. The Bertz CT molecular complexity index is 768. The van der Waals surface area contributed by atoms with Crippen LogP contribution >= 0.6 is 0 Å². The van der Waals surface area contributed by atoms with Crippen molar-refractivity contribution in [1.29, 1.82) is 0 Å². The van der Waals surface area contributed by atoms with Crippen LogP contribution in [-0.2, 0) is 21.3 Å². The first-order chi connectivity index (χ1) is 11.5. The molecule has 2 aromatic rings. The van der Waals surface area contributed by atoms with Crippen molar-refractivity contribution in [3.63, 3.8) is 0 Å². The van der Waals surface area contributed by atoms with Gasteiger partial charge in [-0.15, -0.1) is 0 Å². The van der Waals surface area contributed by atoms with Crippen LogP contribution in [-0.4, -0.2) is 25.0 Å². The predicted molar refractivity (Wildman–Crippen MR) is 89.8 cm³/mol. The highest BCUT2D eigenvalue weighted by atomic mass is 32.2. The van der Waals surface area contributed by atoms with E-state index in [4.69, 9.17) is 4.74 Å². The molecule has 6 nitrogen and oxygen atoms in total. The van der Waals surface area contributed by atoms with Crippen molar-refractivity contribution in [2.75, 3.05) is 6.61 Å². The van der Waals surface area contributed by atoms with E-state index in [0.29, 0.717) is 11.4 Å². The highest BCUT2D eigenvalue weighted by Gasteiger charge is 2.19. The van der Waals surface area contributed by atoms with Gasteiger partial charge in [0.05, 0.1) is 4.90 Å². The van der Waals surface area contributed by atoms with Crippen LogP contribution in [0.4, 0.5) is 0 Å². The lowest BCUT2D eigenvalue weighted by atomic mass is 10.1. The molecule has 0 amide bonds. The minimum absolute atomic E-state index is 0.0444. The number of benzene rings is 1. The molecule has 1 fully saturated rings. The standard InChI is InChI=1S/C17H21N3O3S/c1-13-5-7-15(8-6-13)24(21,22)20-12-14-10-18-17(19-11-14)16-4-2-3-9-23-16/h5-8,10-11,16,20H,2-4,9,12H2,1H3. The Hall–Kier alpha value is -1.83. The van der Waals surface area contributed by atoms with E-state index in [2.05, 4.69) is 14.7 Å². The summed E-state index contributed by atoms with van der Waals surface area (Å²) in [5, 5.41) is 0. The summed E-state index contributed by atoms with van der Waals surface area (Å²) in [6, 6.07) is 6.74. The molecule has 3 rings (SSSR count). The van der Waals surface area contributed by atoms with Crippen molar-refractivity contribution < 1.29 is 13.2 Å². The van der Waals surface area contributed by atoms with Gasteiger partial charge in [0, 0.05) is 31.1 Å². The predicted octanol–water partition coefficient (Wildman–Crippen LogP) is 2.51. The Morgan fingerprint density at radius 1 is 1.17 bits per heavy atom. The first kappa shape index (κ1) is 17.0. The van der Waals surface area contributed by atoms with Crippen LogP contribution in [0.5, 0.6) is 0 Å². The fraction of sp³-hybridized carbons (Fsp3) is 0.412. The highest BCUT2D eigenvalue weighted by molar-refractivity contribution is 7.89. The first-order valence-corrected chi connectivity index (χ1v) is 9.52. The first-order valence-electron chi connectivity index (χ1n) is 8.03. The zero-order valence-corrected chi connectivity index (χ0v) is 14.4. The van der Waals surface area contributed by atoms with Crippen LogP contribution in [0, 0.1) is 6.92 Å². The molecule has 128 valence electrons. The van der Waals surface area contributed by atoms with E-state index in [1.807, 2.05) is 6.92 Å². The van der Waals surface area contributed by atoms with Gasteiger partial charge in [0.2, 0.25) is 10.0 Å². The third kappa shape index (κ3) is 4.17. The van der Waals surface area contributed by atoms with Gasteiger partial charge in [0.25, 0.3) is 0 Å². The molecule has 2 heterocycles. The molecule has 0 bridgehead atoms. The third-order valence-corrected chi connectivity index (χ3v) is 5.41. The van der Waals surface area contributed by atoms with Crippen LogP contribution in [0.2, 0.25) is 0 Å². The average molecular weight is 347 g/mol. The minimum Gasteiger partial charge on any atom is -0.370 e. The Morgan fingerprint density at radius 3 is 2.50 bits per heavy atom. The van der Waals surface area contributed by atoms with E-state index in [1.54, 1.807) is 36.7 Å². The summed E-state index contributed by atoms with van der Waals surface area (Å²) < 4.78 is 32.7. The van der Waals surface area contributed by atoms with Crippen molar-refractivity contribution in [2.24, 2.45) is 0 Å². The molecule has 7 heteroatoms. The van der Waals surface area contributed by atoms with Crippen LogP contribution < -0.4 is 4.72 Å². The molecule has 1 aromatic carbocycles. The third-order valence-electron chi connectivity index (χ3n) is 3.99. The molecular weight excluding hydrogens is 326 g/mol. The molecule has 1 N–H and O–H groups in total. The summed E-state index contributed by atoms with van der Waals surface area (Å²) in [6.07, 6.45) is 6.38. The van der Waals surface area contributed by atoms with Gasteiger partial charge in [-0.1, -0.05) is 17.7 Å². The van der Waals surface area contributed by atoms with Crippen molar-refractivity contribution >= 4 is 10.0 Å². The number of hydrogen-bond donors (Lipinski definition) is 1. The van der Waals surface area contributed by atoms with Gasteiger partial charge in [0.1, 0.15) is 6.10 Å². The number of hydrogen-bond acceptors (Lipinski definition) is 5. The lowest BCUT2D eigenvalue weighted by molar-refractivity contribution is 0.00940. The summed E-state index contributed by atoms with van der Waals surface area (Å²) in [5.41, 5.74) is 1.73. The van der Waals surface area contributed by atoms with Gasteiger partial charge < -0.3 is 4.74 Å². The molecule has 1 unspecified atom stereocenters. The number of sulfonamides is 1. The summed E-state index contributed by atoms with van der Waals surface area (Å²) in [4.78, 5) is 8.88. The SMILES string of the molecule is Cc1ccc(S(=O)(=O)NCc2cnc(C3CCCCO3)nc2)cc1. The molecule has 0 aliphatic carbocycles. The summed E-state index contributed by atoms with van der Waals surface area (Å²) in [6.45, 7) is 2.81. The second-order valence-corrected chi connectivity index (χ2v) is 7.71. The molecule has 1 atom stereocenters. The number of rotatable bonds is 5. The van der Waals surface area contributed by atoms with Crippen molar-refractivity contribution in [2.45, 2.75) is 43.7 Å². The number of aromatic nitrogens is 2. The molecular formula is C17H21N3O3S. The zero-order valence-electron chi connectivity index (χ0n) is 13.6. The average Bonchev–Trinajstić information content (AvgIpc) is 2.62. The van der Waals surface area contributed by atoms with Crippen molar-refractivity contribution in [3.8, 4) is 0 Å². The summed E-state index contributed by atoms with van der Waals surface area (Å²) >= 11 is 0. The summed E-state index contributed by atoms with van der Waals surface area (Å²) in [5.74, 6) is 0.667. The quantitative estimate of drug-likeness (QED) is 0.899. The lowest BCUT2D eigenvalue weighted by Crippen LogP contribution is -2.23. The number of ether oxygens (including phenoxy) is 1. The Morgan fingerprint density at radius 2 is 1.88 bits per heavy atom. The molecule has 1 aromatic heterocycles. The van der Waals surface area contributed by atoms with Crippen LogP contribution in [0.25, 0.3) is 0 Å². The van der Waals surface area contributed by atoms with E-state index in [9.17, 15) is 8.42 Å². The van der Waals surface area contributed by atoms with E-state index < -0.39 is 10.0 Å². The molecule has 0 saturated carbocycles. The maximum Gasteiger partial charge on any atom is 0.240 e.